The lowest BCUT2D eigenvalue weighted by Crippen LogP contribution is -2.49. The van der Waals surface area contributed by atoms with Crippen molar-refractivity contribution in [1.29, 1.82) is 0 Å². The third-order valence-corrected chi connectivity index (χ3v) is 6.54. The standard InChI is InChI=1S/C11H24O3Si/c1-4-12-15(13-5-2,14-6-3)11-9-7-8-10-11/h11H,4-10H2,1-3H3. The molecule has 15 heavy (non-hydrogen) atoms. The molecule has 0 aromatic heterocycles. The topological polar surface area (TPSA) is 27.7 Å². The summed E-state index contributed by atoms with van der Waals surface area (Å²) in [4.78, 5) is 0. The monoisotopic (exact) mass is 232 g/mol. The Bertz CT molecular complexity index is 152. The van der Waals surface area contributed by atoms with Crippen molar-refractivity contribution in [2.24, 2.45) is 0 Å². The molecule has 90 valence electrons. The average molecular weight is 232 g/mol. The Labute approximate surface area is 94.5 Å². The molecule has 1 saturated carbocycles. The van der Waals surface area contributed by atoms with Gasteiger partial charge < -0.3 is 13.3 Å². The summed E-state index contributed by atoms with van der Waals surface area (Å²) in [5.41, 5.74) is 0.539. The van der Waals surface area contributed by atoms with E-state index in [1.54, 1.807) is 0 Å². The third-order valence-electron chi connectivity index (χ3n) is 2.89. The lowest BCUT2D eigenvalue weighted by Gasteiger charge is -2.33. The van der Waals surface area contributed by atoms with Crippen LogP contribution in [0.5, 0.6) is 0 Å². The third kappa shape index (κ3) is 3.28. The first-order valence-electron chi connectivity index (χ1n) is 6.20. The average Bonchev–Trinajstić information content (AvgIpc) is 2.72. The SMILES string of the molecule is CCO[Si](OCC)(OCC)C1CCCC1. The molecular weight excluding hydrogens is 208 g/mol. The number of rotatable bonds is 7. The zero-order valence-electron chi connectivity index (χ0n) is 10.3. The van der Waals surface area contributed by atoms with Crippen LogP contribution in [0.4, 0.5) is 0 Å². The van der Waals surface area contributed by atoms with Crippen molar-refractivity contribution >= 4 is 8.80 Å². The molecule has 1 aliphatic carbocycles. The summed E-state index contributed by atoms with van der Waals surface area (Å²) in [5.74, 6) is 0. The summed E-state index contributed by atoms with van der Waals surface area (Å²) in [6, 6.07) is 0. The van der Waals surface area contributed by atoms with Crippen LogP contribution in [-0.2, 0) is 13.3 Å². The molecule has 4 heteroatoms. The van der Waals surface area contributed by atoms with Crippen molar-refractivity contribution in [3.8, 4) is 0 Å². The molecule has 1 aliphatic rings. The van der Waals surface area contributed by atoms with Gasteiger partial charge in [-0.05, 0) is 33.6 Å². The van der Waals surface area contributed by atoms with Crippen LogP contribution in [0.3, 0.4) is 0 Å². The lowest BCUT2D eigenvalue weighted by molar-refractivity contribution is 0.0612. The van der Waals surface area contributed by atoms with Crippen LogP contribution in [-0.4, -0.2) is 28.6 Å². The first kappa shape index (κ1) is 13.2. The maximum absolute atomic E-state index is 5.89. The normalized spacial score (nSPS) is 18.6. The number of hydrogen-bond donors (Lipinski definition) is 0. The summed E-state index contributed by atoms with van der Waals surface area (Å²) in [6.45, 7) is 8.16. The summed E-state index contributed by atoms with van der Waals surface area (Å²) < 4.78 is 17.7. The Morgan fingerprint density at radius 3 is 1.60 bits per heavy atom. The molecule has 0 aromatic rings. The van der Waals surface area contributed by atoms with Crippen LogP contribution in [0, 0.1) is 0 Å². The van der Waals surface area contributed by atoms with Gasteiger partial charge >= 0.3 is 8.80 Å². The van der Waals surface area contributed by atoms with Gasteiger partial charge in [0, 0.05) is 25.4 Å². The highest BCUT2D eigenvalue weighted by atomic mass is 28.4. The minimum Gasteiger partial charge on any atom is -0.374 e. The largest absolute Gasteiger partial charge is 0.504 e. The van der Waals surface area contributed by atoms with Gasteiger partial charge in [-0.15, -0.1) is 0 Å². The van der Waals surface area contributed by atoms with Crippen molar-refractivity contribution in [3.63, 3.8) is 0 Å². The van der Waals surface area contributed by atoms with E-state index in [2.05, 4.69) is 0 Å². The lowest BCUT2D eigenvalue weighted by atomic mass is 10.4. The van der Waals surface area contributed by atoms with E-state index < -0.39 is 8.80 Å². The van der Waals surface area contributed by atoms with Crippen molar-refractivity contribution in [3.05, 3.63) is 0 Å². The maximum atomic E-state index is 5.89. The molecule has 0 heterocycles. The molecule has 3 nitrogen and oxygen atoms in total. The van der Waals surface area contributed by atoms with Crippen LogP contribution < -0.4 is 0 Å². The highest BCUT2D eigenvalue weighted by molar-refractivity contribution is 6.62. The fourth-order valence-electron chi connectivity index (χ4n) is 2.36. The zero-order valence-corrected chi connectivity index (χ0v) is 11.3. The molecule has 1 fully saturated rings. The van der Waals surface area contributed by atoms with E-state index in [1.807, 2.05) is 20.8 Å². The van der Waals surface area contributed by atoms with Gasteiger partial charge in [-0.2, -0.15) is 0 Å². The molecule has 0 bridgehead atoms. The predicted octanol–water partition coefficient (Wildman–Crippen LogP) is 2.98. The summed E-state index contributed by atoms with van der Waals surface area (Å²) in [5, 5.41) is 0. The second kappa shape index (κ2) is 6.63. The second-order valence-electron chi connectivity index (χ2n) is 3.88. The molecule has 1 rings (SSSR count). The molecular formula is C11H24O3Si. The smallest absolute Gasteiger partial charge is 0.374 e. The van der Waals surface area contributed by atoms with Crippen LogP contribution in [0.2, 0.25) is 5.54 Å². The molecule has 0 amide bonds. The van der Waals surface area contributed by atoms with Gasteiger partial charge in [0.05, 0.1) is 0 Å². The molecule has 0 aliphatic heterocycles. The highest BCUT2D eigenvalue weighted by Gasteiger charge is 2.49. The van der Waals surface area contributed by atoms with Gasteiger partial charge in [0.15, 0.2) is 0 Å². The fourth-order valence-corrected chi connectivity index (χ4v) is 5.64. The van der Waals surface area contributed by atoms with Gasteiger partial charge in [0.1, 0.15) is 0 Å². The maximum Gasteiger partial charge on any atom is 0.504 e. The van der Waals surface area contributed by atoms with E-state index in [4.69, 9.17) is 13.3 Å². The van der Waals surface area contributed by atoms with E-state index in [0.29, 0.717) is 25.4 Å². The van der Waals surface area contributed by atoms with Crippen molar-refractivity contribution in [1.82, 2.24) is 0 Å². The molecule has 0 unspecified atom stereocenters. The molecule has 0 atom stereocenters. The first-order chi connectivity index (χ1) is 7.29. The van der Waals surface area contributed by atoms with E-state index in [-0.39, 0.29) is 0 Å². The van der Waals surface area contributed by atoms with Gasteiger partial charge in [-0.25, -0.2) is 0 Å². The highest BCUT2D eigenvalue weighted by Crippen LogP contribution is 2.40. The Kier molecular flexibility index (Phi) is 5.82. The zero-order chi connectivity index (χ0) is 11.1. The Balaban J connectivity index is 2.68. The van der Waals surface area contributed by atoms with E-state index >= 15 is 0 Å². The van der Waals surface area contributed by atoms with E-state index in [0.717, 1.165) is 0 Å². The van der Waals surface area contributed by atoms with Crippen molar-refractivity contribution in [2.75, 3.05) is 19.8 Å². The molecule has 0 radical (unpaired) electrons. The predicted molar refractivity (Wildman–Crippen MR) is 62.9 cm³/mol. The van der Waals surface area contributed by atoms with Gasteiger partial charge in [0.25, 0.3) is 0 Å². The Morgan fingerprint density at radius 1 is 0.867 bits per heavy atom. The van der Waals surface area contributed by atoms with Gasteiger partial charge in [-0.3, -0.25) is 0 Å². The van der Waals surface area contributed by atoms with Crippen molar-refractivity contribution < 1.29 is 13.3 Å². The van der Waals surface area contributed by atoms with Gasteiger partial charge in [-0.1, -0.05) is 12.8 Å². The van der Waals surface area contributed by atoms with Crippen LogP contribution in [0.15, 0.2) is 0 Å². The summed E-state index contributed by atoms with van der Waals surface area (Å²) in [6.07, 6.45) is 5.03. The van der Waals surface area contributed by atoms with Gasteiger partial charge in [0.2, 0.25) is 0 Å². The molecule has 0 saturated heterocycles. The van der Waals surface area contributed by atoms with Crippen molar-refractivity contribution in [2.45, 2.75) is 52.0 Å². The Hall–Kier alpha value is 0.0969. The Morgan fingerprint density at radius 2 is 1.27 bits per heavy atom. The summed E-state index contributed by atoms with van der Waals surface area (Å²) >= 11 is 0. The number of hydrogen-bond acceptors (Lipinski definition) is 3. The summed E-state index contributed by atoms with van der Waals surface area (Å²) in [7, 11) is -2.36. The quantitative estimate of drug-likeness (QED) is 0.632. The molecule has 0 N–H and O–H groups in total. The van der Waals surface area contributed by atoms with E-state index in [1.165, 1.54) is 25.7 Å². The minimum atomic E-state index is -2.36. The van der Waals surface area contributed by atoms with Crippen LogP contribution in [0.25, 0.3) is 0 Å². The second-order valence-corrected chi connectivity index (χ2v) is 6.77. The van der Waals surface area contributed by atoms with Crippen LogP contribution in [0.1, 0.15) is 46.5 Å². The first-order valence-corrected chi connectivity index (χ1v) is 8.01. The fraction of sp³-hybridized carbons (Fsp3) is 1.00. The molecule has 0 spiro atoms. The molecule has 0 aromatic carbocycles. The minimum absolute atomic E-state index is 0.539. The van der Waals surface area contributed by atoms with E-state index in [9.17, 15) is 0 Å². The van der Waals surface area contributed by atoms with Crippen LogP contribution >= 0.6 is 0 Å².